The molecule has 0 aliphatic heterocycles. The molecule has 0 spiro atoms. The van der Waals surface area contributed by atoms with Gasteiger partial charge in [0.15, 0.2) is 0 Å². The van der Waals surface area contributed by atoms with Crippen molar-refractivity contribution in [2.45, 2.75) is 32.8 Å². The van der Waals surface area contributed by atoms with Crippen LogP contribution in [0.15, 0.2) is 0 Å². The molecule has 0 radical (unpaired) electrons. The molecule has 1 unspecified atom stereocenters. The van der Waals surface area contributed by atoms with Crippen LogP contribution in [0.4, 0.5) is 0 Å². The number of nitrogens with zero attached hydrogens (tertiary/aromatic N) is 1. The van der Waals surface area contributed by atoms with Gasteiger partial charge in [-0.05, 0) is 12.8 Å². The molecule has 0 aliphatic rings. The van der Waals surface area contributed by atoms with Crippen molar-refractivity contribution in [2.24, 2.45) is 0 Å². The Hall–Kier alpha value is -0.280. The Morgan fingerprint density at radius 1 is 0.818 bits per heavy atom. The zero-order valence-corrected chi connectivity index (χ0v) is 14.5. The fourth-order valence-electron chi connectivity index (χ4n) is 1.88. The van der Waals surface area contributed by atoms with Gasteiger partial charge in [0, 0.05) is 32.8 Å². The Bertz CT molecular complexity index is 210. The molecule has 1 atom stereocenters. The van der Waals surface area contributed by atoms with Crippen LogP contribution in [0.2, 0.25) is 0 Å². The van der Waals surface area contributed by atoms with Gasteiger partial charge in [-0.2, -0.15) is 0 Å². The van der Waals surface area contributed by atoms with Crippen molar-refractivity contribution in [2.75, 3.05) is 66.9 Å². The molecular weight excluding hydrogens is 290 g/mol. The van der Waals surface area contributed by atoms with Crippen molar-refractivity contribution in [3.8, 4) is 0 Å². The summed E-state index contributed by atoms with van der Waals surface area (Å²) in [7, 11) is 3.01. The largest absolute Gasteiger partial charge is 0.379 e. The van der Waals surface area contributed by atoms with Gasteiger partial charge < -0.3 is 9.47 Å². The van der Waals surface area contributed by atoms with Crippen molar-refractivity contribution in [3.63, 3.8) is 0 Å². The van der Waals surface area contributed by atoms with Crippen molar-refractivity contribution < 1.29 is 29.0 Å². The van der Waals surface area contributed by atoms with Gasteiger partial charge in [0.05, 0.1) is 40.1 Å². The third kappa shape index (κ3) is 13.4. The van der Waals surface area contributed by atoms with E-state index < -0.39 is 0 Å². The van der Waals surface area contributed by atoms with E-state index in [1.165, 1.54) is 14.2 Å². The molecule has 134 valence electrons. The lowest BCUT2D eigenvalue weighted by molar-refractivity contribution is -0.280. The van der Waals surface area contributed by atoms with Gasteiger partial charge in [-0.15, -0.1) is 0 Å². The Morgan fingerprint density at radius 3 is 1.91 bits per heavy atom. The SMILES string of the molecule is CCCOCC(CN(CCOOC)CCOOC)OCCC. The minimum absolute atomic E-state index is 0.0385. The third-order valence-corrected chi connectivity index (χ3v) is 2.89. The summed E-state index contributed by atoms with van der Waals surface area (Å²) < 4.78 is 11.5. The zero-order valence-electron chi connectivity index (χ0n) is 14.5. The Morgan fingerprint density at radius 2 is 1.41 bits per heavy atom. The fraction of sp³-hybridized carbons (Fsp3) is 1.00. The molecule has 7 heteroatoms. The average Bonchev–Trinajstić information content (AvgIpc) is 2.52. The summed E-state index contributed by atoms with van der Waals surface area (Å²) in [5.41, 5.74) is 0. The van der Waals surface area contributed by atoms with Crippen LogP contribution in [0, 0.1) is 0 Å². The van der Waals surface area contributed by atoms with Gasteiger partial charge in [0.2, 0.25) is 0 Å². The second kappa shape index (κ2) is 17.1. The summed E-state index contributed by atoms with van der Waals surface area (Å²) in [6.45, 7) is 9.45. The predicted octanol–water partition coefficient (Wildman–Crippen LogP) is 1.67. The van der Waals surface area contributed by atoms with Gasteiger partial charge in [0.25, 0.3) is 0 Å². The molecule has 0 bridgehead atoms. The highest BCUT2D eigenvalue weighted by molar-refractivity contribution is 4.66. The lowest BCUT2D eigenvalue weighted by atomic mass is 10.3. The van der Waals surface area contributed by atoms with Crippen LogP contribution in [-0.4, -0.2) is 77.9 Å². The van der Waals surface area contributed by atoms with E-state index in [4.69, 9.17) is 19.2 Å². The molecule has 0 aliphatic carbocycles. The smallest absolute Gasteiger partial charge is 0.0949 e. The third-order valence-electron chi connectivity index (χ3n) is 2.89. The second-order valence-electron chi connectivity index (χ2n) is 4.85. The number of hydrogen-bond acceptors (Lipinski definition) is 7. The molecule has 0 N–H and O–H groups in total. The first-order chi connectivity index (χ1) is 10.8. The average molecular weight is 323 g/mol. The molecule has 0 saturated carbocycles. The van der Waals surface area contributed by atoms with Gasteiger partial charge in [-0.3, -0.25) is 4.90 Å². The van der Waals surface area contributed by atoms with E-state index in [0.717, 1.165) is 45.7 Å². The maximum absolute atomic E-state index is 5.87. The fourth-order valence-corrected chi connectivity index (χ4v) is 1.88. The molecule has 0 aromatic rings. The van der Waals surface area contributed by atoms with Crippen LogP contribution in [0.1, 0.15) is 26.7 Å². The van der Waals surface area contributed by atoms with Crippen molar-refractivity contribution in [1.29, 1.82) is 0 Å². The van der Waals surface area contributed by atoms with Gasteiger partial charge in [0.1, 0.15) is 0 Å². The first-order valence-corrected chi connectivity index (χ1v) is 8.01. The van der Waals surface area contributed by atoms with Crippen LogP contribution in [0.3, 0.4) is 0 Å². The lowest BCUT2D eigenvalue weighted by Crippen LogP contribution is -2.40. The van der Waals surface area contributed by atoms with Gasteiger partial charge in [-0.1, -0.05) is 13.8 Å². The highest BCUT2D eigenvalue weighted by Crippen LogP contribution is 2.02. The standard InChI is InChI=1S/C15H33NO6/c1-5-9-19-14-15(20-10-6-2)13-16(7-11-21-17-3)8-12-22-18-4/h15H,5-14H2,1-4H3. The Balaban J connectivity index is 4.26. The first kappa shape index (κ1) is 21.7. The molecule has 7 nitrogen and oxygen atoms in total. The van der Waals surface area contributed by atoms with E-state index in [1.807, 2.05) is 0 Å². The van der Waals surface area contributed by atoms with Crippen molar-refractivity contribution in [1.82, 2.24) is 4.90 Å². The molecule has 0 rings (SSSR count). The van der Waals surface area contributed by atoms with Gasteiger partial charge in [-0.25, -0.2) is 19.6 Å². The van der Waals surface area contributed by atoms with E-state index in [2.05, 4.69) is 28.5 Å². The topological polar surface area (TPSA) is 58.6 Å². The maximum atomic E-state index is 5.87. The number of hydrogen-bond donors (Lipinski definition) is 0. The minimum atomic E-state index is 0.0385. The maximum Gasteiger partial charge on any atom is 0.0949 e. The van der Waals surface area contributed by atoms with Crippen LogP contribution in [0.25, 0.3) is 0 Å². The highest BCUT2D eigenvalue weighted by Gasteiger charge is 2.15. The molecule has 22 heavy (non-hydrogen) atoms. The van der Waals surface area contributed by atoms with E-state index in [-0.39, 0.29) is 6.10 Å². The van der Waals surface area contributed by atoms with E-state index in [1.54, 1.807) is 0 Å². The monoisotopic (exact) mass is 323 g/mol. The quantitative estimate of drug-likeness (QED) is 0.229. The molecule has 0 saturated heterocycles. The summed E-state index contributed by atoms with van der Waals surface area (Å²) in [6, 6.07) is 0. The van der Waals surface area contributed by atoms with Crippen molar-refractivity contribution >= 4 is 0 Å². The molecule has 0 fully saturated rings. The molecule has 0 heterocycles. The summed E-state index contributed by atoms with van der Waals surface area (Å²) in [4.78, 5) is 21.3. The number of ether oxygens (including phenoxy) is 2. The highest BCUT2D eigenvalue weighted by atomic mass is 17.2. The van der Waals surface area contributed by atoms with E-state index in [9.17, 15) is 0 Å². The first-order valence-electron chi connectivity index (χ1n) is 8.01. The Kier molecular flexibility index (Phi) is 16.9. The van der Waals surface area contributed by atoms with Crippen LogP contribution in [0.5, 0.6) is 0 Å². The zero-order chi connectivity index (χ0) is 16.5. The predicted molar refractivity (Wildman–Crippen MR) is 83.5 cm³/mol. The van der Waals surface area contributed by atoms with Crippen LogP contribution in [-0.2, 0) is 29.0 Å². The van der Waals surface area contributed by atoms with E-state index >= 15 is 0 Å². The number of rotatable bonds is 17. The minimum Gasteiger partial charge on any atom is -0.379 e. The van der Waals surface area contributed by atoms with Crippen molar-refractivity contribution in [3.05, 3.63) is 0 Å². The molecule has 0 aromatic carbocycles. The summed E-state index contributed by atoms with van der Waals surface area (Å²) >= 11 is 0. The van der Waals surface area contributed by atoms with Crippen LogP contribution >= 0.6 is 0 Å². The lowest BCUT2D eigenvalue weighted by Gasteiger charge is -2.27. The summed E-state index contributed by atoms with van der Waals surface area (Å²) in [6.07, 6.45) is 2.04. The van der Waals surface area contributed by atoms with Gasteiger partial charge >= 0.3 is 0 Å². The summed E-state index contributed by atoms with van der Waals surface area (Å²) in [5, 5.41) is 0. The molecular formula is C15H33NO6. The molecule has 0 amide bonds. The second-order valence-corrected chi connectivity index (χ2v) is 4.85. The normalized spacial score (nSPS) is 13.0. The Labute approximate surface area is 134 Å². The van der Waals surface area contributed by atoms with E-state index in [0.29, 0.717) is 19.8 Å². The summed E-state index contributed by atoms with van der Waals surface area (Å²) in [5.74, 6) is 0. The molecule has 0 aromatic heterocycles. The van der Waals surface area contributed by atoms with Crippen LogP contribution < -0.4 is 0 Å².